The van der Waals surface area contributed by atoms with Crippen LogP contribution >= 0.6 is 25.3 Å². The maximum atomic E-state index is 14.8. The van der Waals surface area contributed by atoms with Crippen molar-refractivity contribution in [3.8, 4) is 5.75 Å². The number of hydrogen-bond donors (Lipinski definition) is 35. The monoisotopic (exact) mass is 1940 g/mol. The first-order valence-electron chi connectivity index (χ1n) is 42.3. The van der Waals surface area contributed by atoms with Gasteiger partial charge in [-0.15, -0.1) is 0 Å². The number of nitrogens with two attached hydrogens (primary N) is 6. The van der Waals surface area contributed by atoms with Crippen LogP contribution in [-0.2, 0) is 110 Å². The van der Waals surface area contributed by atoms with E-state index in [1.807, 2.05) is 0 Å². The number of aliphatic carboxylic acids is 4. The summed E-state index contributed by atoms with van der Waals surface area (Å²) in [6.45, 7) is -2.52. The molecule has 0 unspecified atom stereocenters. The first-order chi connectivity index (χ1) is 63.9. The zero-order valence-electron chi connectivity index (χ0n) is 73.4. The summed E-state index contributed by atoms with van der Waals surface area (Å²) in [5.41, 5.74) is 34.9. The zero-order valence-corrected chi connectivity index (χ0v) is 75.2. The summed E-state index contributed by atoms with van der Waals surface area (Å²) in [6, 6.07) is -5.60. The number of rotatable bonds is 65. The summed E-state index contributed by atoms with van der Waals surface area (Å²) in [5.74, 6) is -27.1. The number of hydrogen-bond acceptors (Lipinski definition) is 29. The third-order valence-electron chi connectivity index (χ3n) is 19.9. The second-order valence-electron chi connectivity index (χ2n) is 30.6. The van der Waals surface area contributed by atoms with E-state index in [2.05, 4.69) is 116 Å². The van der Waals surface area contributed by atoms with Gasteiger partial charge in [0.05, 0.1) is 32.1 Å². The van der Waals surface area contributed by atoms with Gasteiger partial charge in [-0.1, -0.05) is 72.8 Å². The van der Waals surface area contributed by atoms with Crippen LogP contribution in [0.3, 0.4) is 0 Å². The number of benzene rings is 3. The number of aliphatic hydroxyl groups is 2. The van der Waals surface area contributed by atoms with Crippen LogP contribution in [0.1, 0.15) is 113 Å². The Kier molecular flexibility index (Phi) is 52.3. The quantitative estimate of drug-likeness (QED) is 0.0108. The normalized spacial score (nSPS) is 14.2. The Hall–Kier alpha value is -14.3. The molecule has 54 heteroatoms. The molecule has 0 aliphatic rings. The number of carboxylic acids is 4. The number of primary amides is 1. The van der Waals surface area contributed by atoms with Crippen molar-refractivity contribution in [3.05, 3.63) is 102 Å². The SMILES string of the molecule is N=C(N)NCCC[C@H](NC(=O)[C@H](CO)NC(=O)[C@H](Cc1ccccc1)NC(=O)[C@H](CCCNC(=N)N)NC(=O)[C@H](CCCNC(=N)N)NC(=O)[C@H](CCC(=O)O)NC(=O)[C@H](CS)NC(=O)[C@H](CC(=O)O)NC(=O)[C@H](CCCCN)NC(=O)[C@H](Cc1ccccc1)NC(=O)[C@H](CC(=O)O)NC(=O)[C@H](CS)NC(=O)[C@H](CCC(N)=O)NC(=O)[C@@H](N)Cc1ccc(O)cc1)C(=O)N[C@@H](CO)C(=O)O. The minimum Gasteiger partial charge on any atom is -0.508 e. The molecule has 0 aromatic heterocycles. The van der Waals surface area contributed by atoms with E-state index < -0.39 is 297 Å². The Labute approximate surface area is 784 Å². The van der Waals surface area contributed by atoms with Crippen molar-refractivity contribution >= 4 is 156 Å². The van der Waals surface area contributed by atoms with E-state index in [-0.39, 0.29) is 96.1 Å². The zero-order chi connectivity index (χ0) is 101. The molecular formula is C81H122N26O26S2. The molecule has 0 aliphatic heterocycles. The number of thiol groups is 2. The summed E-state index contributed by atoms with van der Waals surface area (Å²) in [6.07, 6.45) is -7.20. The summed E-state index contributed by atoms with van der Waals surface area (Å²) < 4.78 is 0. The molecule has 0 radical (unpaired) electrons. The number of nitrogens with one attached hydrogen (secondary N) is 20. The van der Waals surface area contributed by atoms with Crippen LogP contribution in [0.5, 0.6) is 5.75 Å². The Morgan fingerprint density at radius 1 is 0.311 bits per heavy atom. The van der Waals surface area contributed by atoms with Gasteiger partial charge in [-0.3, -0.25) is 103 Å². The predicted octanol–water partition coefficient (Wildman–Crippen LogP) is -10.5. The highest BCUT2D eigenvalue weighted by Gasteiger charge is 2.40. The van der Waals surface area contributed by atoms with Crippen LogP contribution in [-0.4, -0.2) is 308 Å². The predicted molar refractivity (Wildman–Crippen MR) is 487 cm³/mol. The van der Waals surface area contributed by atoms with Crippen molar-refractivity contribution in [1.82, 2.24) is 90.4 Å². The van der Waals surface area contributed by atoms with Gasteiger partial charge in [-0.2, -0.15) is 25.3 Å². The van der Waals surface area contributed by atoms with E-state index in [1.165, 1.54) is 36.4 Å². The lowest BCUT2D eigenvalue weighted by molar-refractivity contribution is -0.143. The Balaban J connectivity index is 2.01. The fourth-order valence-electron chi connectivity index (χ4n) is 12.7. The highest BCUT2D eigenvalue weighted by Crippen LogP contribution is 2.16. The number of carbonyl (C=O) groups is 19. The highest BCUT2D eigenvalue weighted by molar-refractivity contribution is 7.80. The molecule has 0 fully saturated rings. The van der Waals surface area contributed by atoms with Crippen LogP contribution in [0, 0.1) is 16.2 Å². The molecule has 15 atom stereocenters. The molecule has 0 saturated heterocycles. The van der Waals surface area contributed by atoms with Crippen LogP contribution in [0.4, 0.5) is 0 Å². The molecule has 3 aromatic carbocycles. The number of amides is 15. The Morgan fingerprint density at radius 3 is 0.904 bits per heavy atom. The van der Waals surface area contributed by atoms with E-state index in [4.69, 9.17) is 50.6 Å². The average Bonchev–Trinajstić information content (AvgIpc) is 0.849. The molecule has 3 rings (SSSR count). The van der Waals surface area contributed by atoms with Crippen LogP contribution in [0.15, 0.2) is 84.9 Å². The van der Waals surface area contributed by atoms with Gasteiger partial charge >= 0.3 is 23.9 Å². The first kappa shape index (κ1) is 115. The van der Waals surface area contributed by atoms with Gasteiger partial charge in [0, 0.05) is 56.8 Å². The lowest BCUT2D eigenvalue weighted by atomic mass is 10.0. The topological polar surface area (TPSA) is 898 Å². The largest absolute Gasteiger partial charge is 0.508 e. The molecule has 135 heavy (non-hydrogen) atoms. The third-order valence-corrected chi connectivity index (χ3v) is 20.6. The molecule has 0 bridgehead atoms. The number of carbonyl (C=O) groups excluding carboxylic acids is 15. The van der Waals surface area contributed by atoms with Gasteiger partial charge in [0.15, 0.2) is 17.9 Å². The number of unbranched alkanes of at least 4 members (excludes halogenated alkanes) is 1. The van der Waals surface area contributed by atoms with Gasteiger partial charge in [0.2, 0.25) is 88.6 Å². The van der Waals surface area contributed by atoms with E-state index in [0.29, 0.717) is 16.7 Å². The van der Waals surface area contributed by atoms with Crippen molar-refractivity contribution in [2.45, 2.75) is 206 Å². The maximum absolute atomic E-state index is 14.8. The number of guanidine groups is 3. The van der Waals surface area contributed by atoms with Crippen molar-refractivity contribution in [2.24, 2.45) is 34.4 Å². The van der Waals surface area contributed by atoms with Gasteiger partial charge in [0.25, 0.3) is 0 Å². The molecular weight excluding hydrogens is 1820 g/mol. The summed E-state index contributed by atoms with van der Waals surface area (Å²) in [7, 11) is 0. The Morgan fingerprint density at radius 2 is 0.585 bits per heavy atom. The summed E-state index contributed by atoms with van der Waals surface area (Å²) >= 11 is 8.34. The van der Waals surface area contributed by atoms with E-state index in [1.54, 1.807) is 48.5 Å². The minimum atomic E-state index is -2.16. The second kappa shape index (κ2) is 61.5. The number of aliphatic hydroxyl groups excluding tert-OH is 2. The van der Waals surface area contributed by atoms with Gasteiger partial charge in [0.1, 0.15) is 90.3 Å². The molecule has 52 nitrogen and oxygen atoms in total. The average molecular weight is 1940 g/mol. The van der Waals surface area contributed by atoms with Crippen LogP contribution < -0.4 is 125 Å². The molecule has 0 aliphatic carbocycles. The second-order valence-corrected chi connectivity index (χ2v) is 31.4. The molecule has 3 aromatic rings. The number of aromatic hydroxyl groups is 1. The third kappa shape index (κ3) is 45.2. The molecule has 0 heterocycles. The lowest BCUT2D eigenvalue weighted by Crippen LogP contribution is -2.61. The number of phenolic OH excluding ortho intramolecular Hbond substituents is 1. The maximum Gasteiger partial charge on any atom is 0.328 e. The standard InChI is InChI=1S/C81H122N26O26S2/c82-28-8-7-16-46(97-71(125)52(33-41-12-3-1-4-13-41)101-73(127)54(35-62(114)115)103-77(131)59(40-135)106-70(124)50(24-26-60(84)111)94-64(118)45(83)32-43-20-22-44(110)23-21-43)66(120)102-55(36-63(116)117)74(128)107-58(39-134)76(130)99-51(25-27-61(112)113)69(123)96-47(17-9-29-91-79(85)86)65(119)95-48(18-10-30-92-80(87)88)67(121)100-53(34-42-14-5-2-6-15-42)72(126)104-56(37-108)75(129)98-49(19-11-31-93-81(89)90)68(122)105-57(38-109)78(132)133/h1-6,12-15,20-23,45-59,108-110,134-135H,7-11,16-19,24-40,82-83H2,(H2,84,111)(H,94,118)(H,95,119)(H,96,123)(H,97,125)(H,98,129)(H,99,130)(H,100,121)(H,101,127)(H,102,120)(H,103,131)(H,104,126)(H,105,122)(H,106,124)(H,107,128)(H,112,113)(H,114,115)(H,116,117)(H,132,133)(H4,85,86,91)(H4,87,88,92)(H4,89,90,93)/t45-,46-,47-,48-,49-,50-,51-,52-,53-,54-,55-,56-,57-,58-,59-/m0/s1. The fraction of sp³-hybridized carbons (Fsp3) is 0.506. The molecule has 0 saturated carbocycles. The van der Waals surface area contributed by atoms with Crippen molar-refractivity contribution in [2.75, 3.05) is 50.9 Å². The molecule has 0 spiro atoms. The molecule has 15 amide bonds. The lowest BCUT2D eigenvalue weighted by Gasteiger charge is -2.28. The van der Waals surface area contributed by atoms with E-state index >= 15 is 0 Å². The van der Waals surface area contributed by atoms with Gasteiger partial charge < -0.3 is 161 Å². The number of carboxylic acid groups (broad SMARTS) is 4. The van der Waals surface area contributed by atoms with Crippen molar-refractivity contribution in [1.29, 1.82) is 16.2 Å². The smallest absolute Gasteiger partial charge is 0.328 e. The first-order valence-corrected chi connectivity index (χ1v) is 43.6. The van der Waals surface area contributed by atoms with Crippen molar-refractivity contribution < 1.29 is 127 Å². The van der Waals surface area contributed by atoms with E-state index in [0.717, 1.165) is 0 Å². The van der Waals surface area contributed by atoms with Gasteiger partial charge in [-0.05, 0) is 112 Å². The van der Waals surface area contributed by atoms with Crippen molar-refractivity contribution in [3.63, 3.8) is 0 Å². The van der Waals surface area contributed by atoms with Crippen LogP contribution in [0.25, 0.3) is 0 Å². The number of phenols is 1. The summed E-state index contributed by atoms with van der Waals surface area (Å²) in [5, 5.41) is 132. The van der Waals surface area contributed by atoms with E-state index in [9.17, 15) is 127 Å². The molecule has 744 valence electrons. The highest BCUT2D eigenvalue weighted by atomic mass is 32.1. The molecule has 39 N–H and O–H groups in total. The summed E-state index contributed by atoms with van der Waals surface area (Å²) in [4.78, 5) is 260. The Bertz CT molecular complexity index is 4550. The van der Waals surface area contributed by atoms with Gasteiger partial charge in [-0.25, -0.2) is 4.79 Å². The fourth-order valence-corrected chi connectivity index (χ4v) is 13.2. The minimum absolute atomic E-state index is 0.00459. The van der Waals surface area contributed by atoms with Crippen LogP contribution in [0.2, 0.25) is 0 Å².